The second-order valence-electron chi connectivity index (χ2n) is 7.82. The van der Waals surface area contributed by atoms with Gasteiger partial charge in [0.2, 0.25) is 17.7 Å². The lowest BCUT2D eigenvalue weighted by atomic mass is 9.98. The van der Waals surface area contributed by atoms with Gasteiger partial charge in [-0.25, -0.2) is 4.98 Å². The number of nitrogens with zero attached hydrogens (tertiary/aromatic N) is 1. The number of H-pyrrole nitrogens is 1. The normalized spacial score (nSPS) is 15.4. The molecule has 13 heteroatoms. The zero-order valence-corrected chi connectivity index (χ0v) is 18.8. The molecule has 0 radical (unpaired) electrons. The van der Waals surface area contributed by atoms with Crippen molar-refractivity contribution in [3.8, 4) is 0 Å². The first kappa shape index (κ1) is 27.6. The summed E-state index contributed by atoms with van der Waals surface area (Å²) in [6, 6.07) is -4.60. The van der Waals surface area contributed by atoms with Crippen LogP contribution in [0.1, 0.15) is 45.7 Å². The Hall–Kier alpha value is -3.48. The lowest BCUT2D eigenvalue weighted by molar-refractivity contribution is -0.142. The molecule has 5 unspecified atom stereocenters. The fraction of sp³-hybridized carbons (Fsp3) is 0.600. The summed E-state index contributed by atoms with van der Waals surface area (Å²) in [7, 11) is 0. The van der Waals surface area contributed by atoms with Crippen LogP contribution in [0, 0.1) is 5.92 Å². The molecule has 0 aliphatic rings. The number of nitrogens with one attached hydrogen (secondary N) is 4. The Morgan fingerprint density at radius 3 is 2.15 bits per heavy atom. The van der Waals surface area contributed by atoms with E-state index in [0.29, 0.717) is 12.1 Å². The number of aromatic amines is 1. The summed E-state index contributed by atoms with van der Waals surface area (Å²) in [4.78, 5) is 66.8. The molecule has 33 heavy (non-hydrogen) atoms. The lowest BCUT2D eigenvalue weighted by Crippen LogP contribution is -2.58. The maximum atomic E-state index is 13.0. The van der Waals surface area contributed by atoms with Gasteiger partial charge < -0.3 is 36.9 Å². The Kier molecular flexibility index (Phi) is 11.0. The van der Waals surface area contributed by atoms with Gasteiger partial charge in [-0.3, -0.25) is 24.0 Å². The first-order valence-corrected chi connectivity index (χ1v) is 10.5. The molecule has 0 spiro atoms. The third-order valence-corrected chi connectivity index (χ3v) is 5.18. The highest BCUT2D eigenvalue weighted by Crippen LogP contribution is 2.08. The molecule has 3 amide bonds. The van der Waals surface area contributed by atoms with Crippen LogP contribution in [0.4, 0.5) is 0 Å². The summed E-state index contributed by atoms with van der Waals surface area (Å²) in [5.41, 5.74) is 6.48. The number of hydrogen-bond donors (Lipinski definition) is 7. The number of aromatic nitrogens is 2. The van der Waals surface area contributed by atoms with Crippen molar-refractivity contribution >= 4 is 29.7 Å². The van der Waals surface area contributed by atoms with E-state index in [4.69, 9.17) is 15.9 Å². The van der Waals surface area contributed by atoms with Gasteiger partial charge in [-0.05, 0) is 19.3 Å². The monoisotopic (exact) mass is 468 g/mol. The van der Waals surface area contributed by atoms with E-state index >= 15 is 0 Å². The molecule has 184 valence electrons. The van der Waals surface area contributed by atoms with Gasteiger partial charge in [0.05, 0.1) is 12.4 Å². The number of aliphatic carboxylic acids is 2. The summed E-state index contributed by atoms with van der Waals surface area (Å²) >= 11 is 0. The Labute approximate surface area is 190 Å². The van der Waals surface area contributed by atoms with Gasteiger partial charge in [0.15, 0.2) is 0 Å². The Morgan fingerprint density at radius 1 is 1.03 bits per heavy atom. The highest BCUT2D eigenvalue weighted by atomic mass is 16.4. The predicted octanol–water partition coefficient (Wildman–Crippen LogP) is -1.25. The molecule has 0 aliphatic carbocycles. The Balaban J connectivity index is 3.04. The molecule has 0 saturated heterocycles. The van der Waals surface area contributed by atoms with Gasteiger partial charge in [0.1, 0.15) is 18.1 Å². The third-order valence-electron chi connectivity index (χ3n) is 5.18. The van der Waals surface area contributed by atoms with Crippen molar-refractivity contribution in [1.82, 2.24) is 25.9 Å². The van der Waals surface area contributed by atoms with Gasteiger partial charge in [-0.15, -0.1) is 0 Å². The molecule has 1 aromatic rings. The molecule has 0 aliphatic heterocycles. The van der Waals surface area contributed by atoms with Crippen molar-refractivity contribution in [3.05, 3.63) is 18.2 Å². The van der Waals surface area contributed by atoms with E-state index in [1.54, 1.807) is 6.92 Å². The van der Waals surface area contributed by atoms with Gasteiger partial charge in [-0.2, -0.15) is 0 Å². The zero-order chi connectivity index (χ0) is 25.1. The molecule has 0 bridgehead atoms. The summed E-state index contributed by atoms with van der Waals surface area (Å²) in [5, 5.41) is 25.2. The first-order valence-electron chi connectivity index (χ1n) is 10.5. The largest absolute Gasteiger partial charge is 0.481 e. The van der Waals surface area contributed by atoms with Gasteiger partial charge in [0, 0.05) is 24.7 Å². The van der Waals surface area contributed by atoms with Crippen LogP contribution in [0.3, 0.4) is 0 Å². The number of carbonyl (C=O) groups is 5. The predicted molar refractivity (Wildman–Crippen MR) is 116 cm³/mol. The number of carboxylic acids is 2. The molecule has 1 rings (SSSR count). The van der Waals surface area contributed by atoms with Crippen molar-refractivity contribution < 1.29 is 34.2 Å². The third kappa shape index (κ3) is 9.27. The minimum absolute atomic E-state index is 0.00357. The summed E-state index contributed by atoms with van der Waals surface area (Å²) in [5.74, 6) is -4.82. The van der Waals surface area contributed by atoms with Crippen molar-refractivity contribution in [1.29, 1.82) is 0 Å². The molecule has 0 aromatic carbocycles. The van der Waals surface area contributed by atoms with Crippen molar-refractivity contribution in [2.45, 2.75) is 70.6 Å². The highest BCUT2D eigenvalue weighted by molar-refractivity contribution is 5.94. The van der Waals surface area contributed by atoms with Crippen LogP contribution in [0.25, 0.3) is 0 Å². The van der Waals surface area contributed by atoms with Crippen LogP contribution < -0.4 is 21.7 Å². The maximum Gasteiger partial charge on any atom is 0.325 e. The average Bonchev–Trinajstić information content (AvgIpc) is 3.27. The Bertz CT molecular complexity index is 829. The fourth-order valence-corrected chi connectivity index (χ4v) is 2.79. The van der Waals surface area contributed by atoms with Crippen LogP contribution in [-0.2, 0) is 30.4 Å². The second-order valence-corrected chi connectivity index (χ2v) is 7.82. The van der Waals surface area contributed by atoms with Crippen molar-refractivity contribution in [2.75, 3.05) is 0 Å². The molecule has 0 saturated carbocycles. The van der Waals surface area contributed by atoms with Crippen LogP contribution in [0.2, 0.25) is 0 Å². The topological polar surface area (TPSA) is 217 Å². The molecule has 13 nitrogen and oxygen atoms in total. The van der Waals surface area contributed by atoms with E-state index in [1.165, 1.54) is 19.4 Å². The van der Waals surface area contributed by atoms with E-state index in [2.05, 4.69) is 25.9 Å². The van der Waals surface area contributed by atoms with E-state index in [1.807, 2.05) is 6.92 Å². The van der Waals surface area contributed by atoms with E-state index < -0.39 is 60.2 Å². The molecular weight excluding hydrogens is 436 g/mol. The standard InChI is InChI=1S/C20H32N6O7/c1-4-10(2)16(21)19(31)26-14(7-12-8-22-9-23-12)18(30)25-13(5-6-15(27)28)17(29)24-11(3)20(32)33/h8-11,13-14,16H,4-7,21H2,1-3H3,(H,22,23)(H,24,29)(H,25,30)(H,26,31)(H,27,28)(H,32,33). The Morgan fingerprint density at radius 2 is 1.64 bits per heavy atom. The van der Waals surface area contributed by atoms with Crippen LogP contribution in [0.5, 0.6) is 0 Å². The summed E-state index contributed by atoms with van der Waals surface area (Å²) in [6.45, 7) is 4.90. The molecule has 1 heterocycles. The van der Waals surface area contributed by atoms with Gasteiger partial charge in [0.25, 0.3) is 0 Å². The number of nitrogens with two attached hydrogens (primary N) is 1. The fourth-order valence-electron chi connectivity index (χ4n) is 2.79. The van der Waals surface area contributed by atoms with E-state index in [0.717, 1.165) is 0 Å². The van der Waals surface area contributed by atoms with E-state index in [-0.39, 0.29) is 18.8 Å². The van der Waals surface area contributed by atoms with Crippen molar-refractivity contribution in [3.63, 3.8) is 0 Å². The smallest absolute Gasteiger partial charge is 0.325 e. The lowest BCUT2D eigenvalue weighted by Gasteiger charge is -2.25. The number of carbonyl (C=O) groups excluding carboxylic acids is 3. The molecular formula is C20H32N6O7. The molecule has 1 aromatic heterocycles. The first-order chi connectivity index (χ1) is 15.5. The van der Waals surface area contributed by atoms with Crippen LogP contribution in [0.15, 0.2) is 12.5 Å². The quantitative estimate of drug-likeness (QED) is 0.173. The summed E-state index contributed by atoms with van der Waals surface area (Å²) < 4.78 is 0. The van der Waals surface area contributed by atoms with Crippen LogP contribution in [-0.4, -0.2) is 74.0 Å². The minimum atomic E-state index is -1.33. The number of hydrogen-bond acceptors (Lipinski definition) is 7. The molecule has 5 atom stereocenters. The summed E-state index contributed by atoms with van der Waals surface area (Å²) in [6.07, 6.45) is 2.78. The number of rotatable bonds is 14. The van der Waals surface area contributed by atoms with E-state index in [9.17, 15) is 24.0 Å². The maximum absolute atomic E-state index is 13.0. The van der Waals surface area contributed by atoms with Crippen LogP contribution >= 0.6 is 0 Å². The zero-order valence-electron chi connectivity index (χ0n) is 18.8. The molecule has 0 fully saturated rings. The number of amides is 3. The number of imidazole rings is 1. The SMILES string of the molecule is CCC(C)C(N)C(=O)NC(Cc1cnc[nH]1)C(=O)NC(CCC(=O)O)C(=O)NC(C)C(=O)O. The average molecular weight is 469 g/mol. The highest BCUT2D eigenvalue weighted by Gasteiger charge is 2.31. The number of carboxylic acid groups (broad SMARTS) is 2. The van der Waals surface area contributed by atoms with Crippen molar-refractivity contribution in [2.24, 2.45) is 11.7 Å². The van der Waals surface area contributed by atoms with Gasteiger partial charge >= 0.3 is 11.9 Å². The second kappa shape index (κ2) is 13.2. The minimum Gasteiger partial charge on any atom is -0.481 e. The molecule has 8 N–H and O–H groups in total. The van der Waals surface area contributed by atoms with Gasteiger partial charge in [-0.1, -0.05) is 20.3 Å².